The summed E-state index contributed by atoms with van der Waals surface area (Å²) >= 11 is 0. The van der Waals surface area contributed by atoms with E-state index >= 15 is 0 Å². The first-order valence-corrected chi connectivity index (χ1v) is 8.29. The average Bonchev–Trinajstić information content (AvgIpc) is 3.19. The van der Waals surface area contributed by atoms with Gasteiger partial charge in [-0.3, -0.25) is 9.48 Å². The topological polar surface area (TPSA) is 76.8 Å². The molecule has 7 nitrogen and oxygen atoms in total. The summed E-state index contributed by atoms with van der Waals surface area (Å²) in [6, 6.07) is 9.85. The van der Waals surface area contributed by atoms with E-state index in [1.165, 1.54) is 0 Å². The van der Waals surface area contributed by atoms with Crippen LogP contribution in [0.3, 0.4) is 0 Å². The molecule has 25 heavy (non-hydrogen) atoms. The summed E-state index contributed by atoms with van der Waals surface area (Å²) < 4.78 is 3.60. The van der Waals surface area contributed by atoms with Crippen LogP contribution in [0.1, 0.15) is 11.4 Å². The van der Waals surface area contributed by atoms with Crippen LogP contribution in [0, 0.1) is 12.8 Å². The monoisotopic (exact) mass is 336 g/mol. The zero-order valence-electron chi connectivity index (χ0n) is 14.2. The Kier molecular flexibility index (Phi) is 3.76. The Hall–Kier alpha value is -3.09. The number of nitrogens with one attached hydrogen (secondary N) is 2. The van der Waals surface area contributed by atoms with Crippen LogP contribution in [0.15, 0.2) is 42.7 Å². The number of carbonyl (C=O) groups is 1. The Balaban J connectivity index is 1.50. The number of hydrogen-bond acceptors (Lipinski definition) is 4. The van der Waals surface area contributed by atoms with Gasteiger partial charge >= 0.3 is 0 Å². The number of rotatable bonds is 3. The highest BCUT2D eigenvalue weighted by Crippen LogP contribution is 2.25. The van der Waals surface area contributed by atoms with Crippen LogP contribution in [-0.2, 0) is 18.3 Å². The van der Waals surface area contributed by atoms with Gasteiger partial charge in [-0.15, -0.1) is 0 Å². The lowest BCUT2D eigenvalue weighted by molar-refractivity contribution is -0.119. The molecule has 1 aliphatic rings. The zero-order valence-corrected chi connectivity index (χ0v) is 14.2. The van der Waals surface area contributed by atoms with Gasteiger partial charge in [-0.05, 0) is 19.1 Å². The molecule has 7 heteroatoms. The highest BCUT2D eigenvalue weighted by atomic mass is 16.1. The van der Waals surface area contributed by atoms with Gasteiger partial charge in [0, 0.05) is 20.0 Å². The fourth-order valence-electron chi connectivity index (χ4n) is 3.11. The summed E-state index contributed by atoms with van der Waals surface area (Å²) in [6.07, 6.45) is 4.34. The molecule has 4 rings (SSSR count). The number of aromatic nitrogens is 4. The Labute approximate surface area is 145 Å². The van der Waals surface area contributed by atoms with Gasteiger partial charge < -0.3 is 10.6 Å². The quantitative estimate of drug-likeness (QED) is 0.768. The molecular weight excluding hydrogens is 316 g/mol. The van der Waals surface area contributed by atoms with Crippen LogP contribution < -0.4 is 10.6 Å². The third-order valence-electron chi connectivity index (χ3n) is 4.59. The molecule has 1 amide bonds. The molecule has 0 aliphatic carbocycles. The predicted molar refractivity (Wildman–Crippen MR) is 95.8 cm³/mol. The van der Waals surface area contributed by atoms with Crippen LogP contribution in [0.2, 0.25) is 0 Å². The molecule has 128 valence electrons. The lowest BCUT2D eigenvalue weighted by atomic mass is 9.98. The first kappa shape index (κ1) is 15.4. The third kappa shape index (κ3) is 2.88. The van der Waals surface area contributed by atoms with Gasteiger partial charge in [-0.25, -0.2) is 4.68 Å². The van der Waals surface area contributed by atoms with Crippen molar-refractivity contribution in [3.8, 4) is 5.69 Å². The van der Waals surface area contributed by atoms with E-state index in [4.69, 9.17) is 0 Å². The highest BCUT2D eigenvalue weighted by Gasteiger charge is 2.27. The fourth-order valence-corrected chi connectivity index (χ4v) is 3.11. The number of carbonyl (C=O) groups excluding carboxylic acids is 1. The van der Waals surface area contributed by atoms with Crippen LogP contribution in [0.25, 0.3) is 5.69 Å². The fraction of sp³-hybridized carbons (Fsp3) is 0.278. The summed E-state index contributed by atoms with van der Waals surface area (Å²) in [5.74, 6) is -0.141. The minimum absolute atomic E-state index is 0.00457. The molecule has 3 aromatic rings. The van der Waals surface area contributed by atoms with Gasteiger partial charge in [-0.2, -0.15) is 10.2 Å². The molecule has 1 aliphatic heterocycles. The Morgan fingerprint density at radius 1 is 1.32 bits per heavy atom. The summed E-state index contributed by atoms with van der Waals surface area (Å²) in [5, 5.41) is 15.0. The van der Waals surface area contributed by atoms with Crippen molar-refractivity contribution >= 4 is 17.3 Å². The van der Waals surface area contributed by atoms with Crippen LogP contribution in [0.5, 0.6) is 0 Å². The molecule has 1 aromatic carbocycles. The molecule has 0 saturated heterocycles. The van der Waals surface area contributed by atoms with E-state index in [1.54, 1.807) is 10.9 Å². The number of nitrogens with zero attached hydrogens (tertiary/aromatic N) is 4. The molecular formula is C18H20N6O. The first-order chi connectivity index (χ1) is 12.1. The maximum Gasteiger partial charge on any atom is 0.229 e. The van der Waals surface area contributed by atoms with Crippen molar-refractivity contribution in [1.29, 1.82) is 0 Å². The number of hydrogen-bond donors (Lipinski definition) is 2. The van der Waals surface area contributed by atoms with E-state index in [9.17, 15) is 4.79 Å². The maximum atomic E-state index is 12.7. The lowest BCUT2D eigenvalue weighted by Gasteiger charge is -2.23. The lowest BCUT2D eigenvalue weighted by Crippen LogP contribution is -2.34. The van der Waals surface area contributed by atoms with Crippen molar-refractivity contribution in [1.82, 2.24) is 19.6 Å². The largest absolute Gasteiger partial charge is 0.381 e. The molecule has 3 heterocycles. The number of anilines is 2. The van der Waals surface area contributed by atoms with Gasteiger partial charge in [0.1, 0.15) is 0 Å². The van der Waals surface area contributed by atoms with E-state index in [2.05, 4.69) is 20.8 Å². The molecule has 0 spiro atoms. The van der Waals surface area contributed by atoms with E-state index in [0.717, 1.165) is 28.5 Å². The minimum atomic E-state index is -0.137. The van der Waals surface area contributed by atoms with E-state index in [1.807, 2.05) is 55.2 Å². The molecule has 0 fully saturated rings. The van der Waals surface area contributed by atoms with Crippen molar-refractivity contribution in [3.05, 3.63) is 54.1 Å². The van der Waals surface area contributed by atoms with Crippen LogP contribution in [0.4, 0.5) is 11.4 Å². The number of benzene rings is 1. The van der Waals surface area contributed by atoms with Crippen LogP contribution >= 0.6 is 0 Å². The van der Waals surface area contributed by atoms with Gasteiger partial charge in [0.05, 0.1) is 46.8 Å². The predicted octanol–water partition coefficient (Wildman–Crippen LogP) is 2.14. The molecule has 0 bridgehead atoms. The smallest absolute Gasteiger partial charge is 0.229 e. The second-order valence-corrected chi connectivity index (χ2v) is 6.31. The summed E-state index contributed by atoms with van der Waals surface area (Å²) in [6.45, 7) is 2.50. The molecule has 2 N–H and O–H groups in total. The van der Waals surface area contributed by atoms with Crippen molar-refractivity contribution in [2.75, 3.05) is 17.2 Å². The Morgan fingerprint density at radius 3 is 2.92 bits per heavy atom. The van der Waals surface area contributed by atoms with Crippen molar-refractivity contribution in [2.24, 2.45) is 13.0 Å². The number of aryl methyl sites for hydroxylation is 2. The van der Waals surface area contributed by atoms with Crippen molar-refractivity contribution in [2.45, 2.75) is 13.3 Å². The van der Waals surface area contributed by atoms with Gasteiger partial charge in [0.15, 0.2) is 0 Å². The SMILES string of the molecule is Cc1nn(-c2ccccc2)cc1NC(=O)C1CNc2cnn(C)c2C1. The Bertz CT molecular complexity index is 911. The summed E-state index contributed by atoms with van der Waals surface area (Å²) in [4.78, 5) is 12.7. The first-order valence-electron chi connectivity index (χ1n) is 8.29. The number of fused-ring (bicyclic) bond motifs is 1. The van der Waals surface area contributed by atoms with Crippen LogP contribution in [-0.4, -0.2) is 32.0 Å². The van der Waals surface area contributed by atoms with Crippen molar-refractivity contribution in [3.63, 3.8) is 0 Å². The molecule has 0 saturated carbocycles. The molecule has 2 aromatic heterocycles. The number of amides is 1. The maximum absolute atomic E-state index is 12.7. The van der Waals surface area contributed by atoms with Gasteiger partial charge in [0.25, 0.3) is 0 Å². The van der Waals surface area contributed by atoms with Crippen molar-refractivity contribution < 1.29 is 4.79 Å². The van der Waals surface area contributed by atoms with E-state index in [0.29, 0.717) is 13.0 Å². The summed E-state index contributed by atoms with van der Waals surface area (Å²) in [7, 11) is 1.90. The Morgan fingerprint density at radius 2 is 2.12 bits per heavy atom. The molecule has 1 unspecified atom stereocenters. The minimum Gasteiger partial charge on any atom is -0.381 e. The molecule has 0 radical (unpaired) electrons. The van der Waals surface area contributed by atoms with Gasteiger partial charge in [0.2, 0.25) is 5.91 Å². The standard InChI is InChI=1S/C18H20N6O/c1-12-16(11-24(22-12)14-6-4-3-5-7-14)21-18(25)13-8-17-15(19-9-13)10-20-23(17)2/h3-7,10-11,13,19H,8-9H2,1-2H3,(H,21,25). The normalized spacial score (nSPS) is 16.2. The van der Waals surface area contributed by atoms with E-state index in [-0.39, 0.29) is 11.8 Å². The summed E-state index contributed by atoms with van der Waals surface area (Å²) in [5.41, 5.74) is 4.57. The highest BCUT2D eigenvalue weighted by molar-refractivity contribution is 5.94. The second-order valence-electron chi connectivity index (χ2n) is 6.31. The average molecular weight is 336 g/mol. The second kappa shape index (κ2) is 6.08. The number of para-hydroxylation sites is 1. The van der Waals surface area contributed by atoms with Gasteiger partial charge in [-0.1, -0.05) is 18.2 Å². The molecule has 1 atom stereocenters. The van der Waals surface area contributed by atoms with E-state index < -0.39 is 0 Å². The zero-order chi connectivity index (χ0) is 17.4. The third-order valence-corrected chi connectivity index (χ3v) is 4.59.